The number of aliphatic hydroxyl groups excluding tert-OH is 1. The smallest absolute Gasteiger partial charge is 0.381 e. The van der Waals surface area contributed by atoms with Crippen molar-refractivity contribution in [3.63, 3.8) is 0 Å². The number of aromatic nitrogens is 3. The third kappa shape index (κ3) is 6.04. The molecule has 1 aromatic heterocycles. The van der Waals surface area contributed by atoms with Gasteiger partial charge in [-0.1, -0.05) is 32.6 Å². The van der Waals surface area contributed by atoms with Crippen molar-refractivity contribution in [2.45, 2.75) is 64.4 Å². The van der Waals surface area contributed by atoms with Gasteiger partial charge in [-0.25, -0.2) is 4.57 Å². The van der Waals surface area contributed by atoms with E-state index in [4.69, 9.17) is 5.11 Å². The highest BCUT2D eigenvalue weighted by Gasteiger charge is 2.39. The number of hydrogen-bond acceptors (Lipinski definition) is 2. The molecule has 0 aliphatic carbocycles. The Hall–Kier alpha value is -1.11. The summed E-state index contributed by atoms with van der Waals surface area (Å²) in [5.74, 6) is 0. The third-order valence-corrected chi connectivity index (χ3v) is 2.88. The number of nitrogens with zero attached hydrogens (tertiary/aromatic N) is 3. The first kappa shape index (κ1) is 15.9. The maximum absolute atomic E-state index is 12.2. The number of aryl methyl sites for hydroxylation is 1. The van der Waals surface area contributed by atoms with Gasteiger partial charge in [-0.15, -0.1) is 4.68 Å². The van der Waals surface area contributed by atoms with E-state index >= 15 is 0 Å². The Balaban J connectivity index is 2.32. The molecule has 7 heteroatoms. The van der Waals surface area contributed by atoms with Crippen LogP contribution >= 0.6 is 0 Å². The first-order valence-electron chi connectivity index (χ1n) is 6.59. The second kappa shape index (κ2) is 7.47. The summed E-state index contributed by atoms with van der Waals surface area (Å²) in [4.78, 5) is 0. The van der Waals surface area contributed by atoms with Gasteiger partial charge in [0.15, 0.2) is 6.10 Å². The molecular formula is C12H21F3N3O+. The van der Waals surface area contributed by atoms with Crippen molar-refractivity contribution < 1.29 is 22.8 Å². The Kier molecular flexibility index (Phi) is 6.27. The van der Waals surface area contributed by atoms with E-state index in [1.807, 2.05) is 0 Å². The average Bonchev–Trinajstić information content (AvgIpc) is 2.75. The average molecular weight is 280 g/mol. The summed E-state index contributed by atoms with van der Waals surface area (Å²) in [7, 11) is 0. The van der Waals surface area contributed by atoms with E-state index in [1.165, 1.54) is 36.5 Å². The third-order valence-electron chi connectivity index (χ3n) is 2.88. The number of unbranched alkanes of at least 4 members (excludes halogenated alkanes) is 4. The molecular weight excluding hydrogens is 259 g/mol. The van der Waals surface area contributed by atoms with Crippen LogP contribution in [0.15, 0.2) is 12.7 Å². The predicted octanol–water partition coefficient (Wildman–Crippen LogP) is 2.06. The second-order valence-electron chi connectivity index (χ2n) is 4.68. The van der Waals surface area contributed by atoms with E-state index in [2.05, 4.69) is 12.0 Å². The molecule has 0 aliphatic heterocycles. The van der Waals surface area contributed by atoms with Crippen molar-refractivity contribution in [2.24, 2.45) is 0 Å². The van der Waals surface area contributed by atoms with Crippen molar-refractivity contribution in [3.8, 4) is 0 Å². The number of hydrogen-bond donors (Lipinski definition) is 1. The van der Waals surface area contributed by atoms with E-state index in [9.17, 15) is 13.2 Å². The summed E-state index contributed by atoms with van der Waals surface area (Å²) in [6, 6.07) is 0. The zero-order chi connectivity index (χ0) is 14.3. The van der Waals surface area contributed by atoms with Crippen LogP contribution in [0.3, 0.4) is 0 Å². The van der Waals surface area contributed by atoms with Crippen molar-refractivity contribution in [1.82, 2.24) is 9.78 Å². The topological polar surface area (TPSA) is 41.9 Å². The minimum absolute atomic E-state index is 0.515. The van der Waals surface area contributed by atoms with Crippen LogP contribution in [0.4, 0.5) is 13.2 Å². The lowest BCUT2D eigenvalue weighted by atomic mass is 10.1. The van der Waals surface area contributed by atoms with Gasteiger partial charge in [0.1, 0.15) is 13.1 Å². The molecule has 1 aromatic rings. The molecule has 0 radical (unpaired) electrons. The van der Waals surface area contributed by atoms with Gasteiger partial charge in [0.25, 0.3) is 6.33 Å². The van der Waals surface area contributed by atoms with Crippen LogP contribution in [0.2, 0.25) is 0 Å². The zero-order valence-corrected chi connectivity index (χ0v) is 11.1. The molecule has 1 N–H and O–H groups in total. The minimum atomic E-state index is -4.59. The van der Waals surface area contributed by atoms with Gasteiger partial charge in [-0.3, -0.25) is 0 Å². The van der Waals surface area contributed by atoms with E-state index in [0.717, 1.165) is 12.8 Å². The highest BCUT2D eigenvalue weighted by molar-refractivity contribution is 4.59. The fourth-order valence-corrected chi connectivity index (χ4v) is 1.75. The molecule has 1 heterocycles. The van der Waals surface area contributed by atoms with Gasteiger partial charge in [-0.05, 0) is 6.42 Å². The number of alkyl halides is 3. The Labute approximate surface area is 110 Å². The van der Waals surface area contributed by atoms with Gasteiger partial charge in [-0.2, -0.15) is 13.2 Å². The number of halogens is 3. The van der Waals surface area contributed by atoms with Crippen molar-refractivity contribution in [3.05, 3.63) is 12.7 Å². The lowest BCUT2D eigenvalue weighted by Crippen LogP contribution is -2.44. The number of rotatable bonds is 8. The molecule has 4 nitrogen and oxygen atoms in total. The Morgan fingerprint density at radius 1 is 1.26 bits per heavy atom. The van der Waals surface area contributed by atoms with Gasteiger partial charge >= 0.3 is 6.18 Å². The highest BCUT2D eigenvalue weighted by atomic mass is 19.4. The van der Waals surface area contributed by atoms with E-state index in [-0.39, 0.29) is 0 Å². The summed E-state index contributed by atoms with van der Waals surface area (Å²) >= 11 is 0. The minimum Gasteiger partial charge on any atom is -0.381 e. The molecule has 0 spiro atoms. The summed E-state index contributed by atoms with van der Waals surface area (Å²) < 4.78 is 39.4. The summed E-state index contributed by atoms with van der Waals surface area (Å²) in [6.45, 7) is 2.32. The molecule has 0 fully saturated rings. The number of aliphatic hydroxyl groups is 1. The van der Waals surface area contributed by atoms with E-state index < -0.39 is 18.8 Å². The predicted molar refractivity (Wildman–Crippen MR) is 63.2 cm³/mol. The fourth-order valence-electron chi connectivity index (χ4n) is 1.75. The fraction of sp³-hybridized carbons (Fsp3) is 0.833. The van der Waals surface area contributed by atoms with Gasteiger partial charge in [0.2, 0.25) is 6.33 Å². The molecule has 1 atom stereocenters. The summed E-state index contributed by atoms with van der Waals surface area (Å²) in [6.07, 6.45) is 1.48. The molecule has 0 aromatic carbocycles. The molecule has 110 valence electrons. The maximum Gasteiger partial charge on any atom is 0.417 e. The van der Waals surface area contributed by atoms with Crippen LogP contribution in [0, 0.1) is 0 Å². The maximum atomic E-state index is 12.2. The first-order chi connectivity index (χ1) is 8.93. The molecule has 0 amide bonds. The molecule has 1 rings (SSSR count). The molecule has 0 saturated heterocycles. The quantitative estimate of drug-likeness (QED) is 0.585. The molecule has 1 unspecified atom stereocenters. The Morgan fingerprint density at radius 3 is 2.58 bits per heavy atom. The zero-order valence-electron chi connectivity index (χ0n) is 11.1. The first-order valence-corrected chi connectivity index (χ1v) is 6.59. The van der Waals surface area contributed by atoms with Crippen LogP contribution in [-0.4, -0.2) is 27.2 Å². The van der Waals surface area contributed by atoms with Crippen LogP contribution in [0.5, 0.6) is 0 Å². The molecule has 19 heavy (non-hydrogen) atoms. The SMILES string of the molecule is CCCCCCCn1c[n+](CC(O)C(F)(F)F)cn1. The molecule has 0 bridgehead atoms. The summed E-state index contributed by atoms with van der Waals surface area (Å²) in [5, 5.41) is 12.9. The van der Waals surface area contributed by atoms with Crippen molar-refractivity contribution >= 4 is 0 Å². The van der Waals surface area contributed by atoms with Crippen LogP contribution in [0.25, 0.3) is 0 Å². The van der Waals surface area contributed by atoms with Gasteiger partial charge in [0, 0.05) is 5.10 Å². The monoisotopic (exact) mass is 280 g/mol. The van der Waals surface area contributed by atoms with Crippen molar-refractivity contribution in [1.29, 1.82) is 0 Å². The van der Waals surface area contributed by atoms with Crippen molar-refractivity contribution in [2.75, 3.05) is 0 Å². The molecule has 0 aliphatic rings. The van der Waals surface area contributed by atoms with Gasteiger partial charge in [0.05, 0.1) is 0 Å². The summed E-state index contributed by atoms with van der Waals surface area (Å²) in [5.41, 5.74) is 0. The second-order valence-corrected chi connectivity index (χ2v) is 4.68. The normalized spacial score (nSPS) is 13.7. The Morgan fingerprint density at radius 2 is 1.95 bits per heavy atom. The molecule has 0 saturated carbocycles. The Bertz CT molecular complexity index is 365. The van der Waals surface area contributed by atoms with E-state index in [1.54, 1.807) is 4.68 Å². The van der Waals surface area contributed by atoms with Gasteiger partial charge < -0.3 is 5.11 Å². The van der Waals surface area contributed by atoms with E-state index in [0.29, 0.717) is 6.54 Å². The van der Waals surface area contributed by atoms with Crippen LogP contribution in [0.1, 0.15) is 39.0 Å². The highest BCUT2D eigenvalue weighted by Crippen LogP contribution is 2.19. The largest absolute Gasteiger partial charge is 0.417 e. The van der Waals surface area contributed by atoms with Crippen LogP contribution in [-0.2, 0) is 13.1 Å². The van der Waals surface area contributed by atoms with Crippen LogP contribution < -0.4 is 4.57 Å². The lowest BCUT2D eigenvalue weighted by Gasteiger charge is -2.11. The standard InChI is InChI=1S/C12H21F3N3O/c1-2-3-4-5-6-7-18-10-17(9-16-18)8-11(19)12(13,14)15/h9-11,19H,2-8H2,1H3/q+1. The lowest BCUT2D eigenvalue weighted by molar-refractivity contribution is -0.708.